The highest BCUT2D eigenvalue weighted by molar-refractivity contribution is 7.19. The van der Waals surface area contributed by atoms with Gasteiger partial charge < -0.3 is 10.8 Å². The van der Waals surface area contributed by atoms with Crippen LogP contribution in [0.25, 0.3) is 21.5 Å². The molecule has 1 aliphatic rings. The Morgan fingerprint density at radius 2 is 1.96 bits per heavy atom. The van der Waals surface area contributed by atoms with Crippen molar-refractivity contribution in [1.82, 2.24) is 15.0 Å². The average molecular weight is 348 g/mol. The molecule has 0 amide bonds. The van der Waals surface area contributed by atoms with Crippen LogP contribution in [0.3, 0.4) is 0 Å². The maximum absolute atomic E-state index is 13.0. The van der Waals surface area contributed by atoms with E-state index in [1.165, 1.54) is 17.7 Å². The standard InChI is InChI=1S/C16H14F2N4OS/c17-16(18)3-8(4-16)13(23)14-12(19)10-1-2-11(22-15(10)24-14)9-5-20-7-21-6-9/h1-2,5-8,13,23H,3-4,19H2. The summed E-state index contributed by atoms with van der Waals surface area (Å²) in [5, 5.41) is 11.1. The molecule has 0 spiro atoms. The number of aliphatic hydroxyl groups is 1. The summed E-state index contributed by atoms with van der Waals surface area (Å²) in [5.74, 6) is -3.13. The van der Waals surface area contributed by atoms with Gasteiger partial charge >= 0.3 is 0 Å². The SMILES string of the molecule is Nc1c(C(O)C2CC(F)(F)C2)sc2nc(-c3cncnc3)ccc12. The highest BCUT2D eigenvalue weighted by atomic mass is 32.1. The summed E-state index contributed by atoms with van der Waals surface area (Å²) in [6.45, 7) is 0. The number of pyridine rings is 1. The molecule has 24 heavy (non-hydrogen) atoms. The van der Waals surface area contributed by atoms with Crippen LogP contribution in [0.5, 0.6) is 0 Å². The van der Waals surface area contributed by atoms with Crippen LogP contribution < -0.4 is 5.73 Å². The van der Waals surface area contributed by atoms with Crippen molar-refractivity contribution in [2.24, 2.45) is 5.92 Å². The molecule has 1 aliphatic carbocycles. The van der Waals surface area contributed by atoms with Crippen molar-refractivity contribution in [2.75, 3.05) is 5.73 Å². The summed E-state index contributed by atoms with van der Waals surface area (Å²) >= 11 is 1.25. The molecule has 124 valence electrons. The molecule has 0 saturated heterocycles. The maximum atomic E-state index is 13.0. The number of hydrogen-bond acceptors (Lipinski definition) is 6. The van der Waals surface area contributed by atoms with E-state index in [-0.39, 0.29) is 12.8 Å². The minimum atomic E-state index is -2.67. The summed E-state index contributed by atoms with van der Waals surface area (Å²) < 4.78 is 26.1. The molecule has 0 aromatic carbocycles. The third kappa shape index (κ3) is 2.51. The zero-order chi connectivity index (χ0) is 16.9. The molecular weight excluding hydrogens is 334 g/mol. The summed E-state index contributed by atoms with van der Waals surface area (Å²) in [6.07, 6.45) is 3.17. The number of aliphatic hydroxyl groups excluding tert-OH is 1. The Bertz CT molecular complexity index is 892. The van der Waals surface area contributed by atoms with Gasteiger partial charge in [0.25, 0.3) is 0 Å². The minimum Gasteiger partial charge on any atom is -0.397 e. The predicted octanol–water partition coefficient (Wildman–Crippen LogP) is 3.41. The van der Waals surface area contributed by atoms with Gasteiger partial charge in [0.05, 0.1) is 22.4 Å². The van der Waals surface area contributed by atoms with Crippen LogP contribution in [0.15, 0.2) is 30.9 Å². The van der Waals surface area contributed by atoms with Crippen LogP contribution in [-0.4, -0.2) is 26.0 Å². The molecule has 3 aromatic heterocycles. The Morgan fingerprint density at radius 1 is 1.25 bits per heavy atom. The van der Waals surface area contributed by atoms with Crippen molar-refractivity contribution in [1.29, 1.82) is 0 Å². The monoisotopic (exact) mass is 348 g/mol. The van der Waals surface area contributed by atoms with Crippen LogP contribution in [-0.2, 0) is 0 Å². The zero-order valence-electron chi connectivity index (χ0n) is 12.5. The van der Waals surface area contributed by atoms with Gasteiger partial charge in [0.2, 0.25) is 5.92 Å². The van der Waals surface area contributed by atoms with Gasteiger partial charge in [0, 0.05) is 42.1 Å². The van der Waals surface area contributed by atoms with Crippen molar-refractivity contribution in [2.45, 2.75) is 24.9 Å². The number of hydrogen-bond donors (Lipinski definition) is 2. The van der Waals surface area contributed by atoms with Crippen LogP contribution in [0.4, 0.5) is 14.5 Å². The normalized spacial score (nSPS) is 18.5. The number of aromatic nitrogens is 3. The lowest BCUT2D eigenvalue weighted by molar-refractivity contribution is -0.141. The van der Waals surface area contributed by atoms with Crippen LogP contribution in [0.1, 0.15) is 23.8 Å². The Hall–Kier alpha value is -2.19. The van der Waals surface area contributed by atoms with Crippen molar-refractivity contribution >= 4 is 27.2 Å². The average Bonchev–Trinajstić information content (AvgIpc) is 2.89. The second-order valence-corrected chi connectivity index (χ2v) is 7.06. The molecular formula is C16H14F2N4OS. The minimum absolute atomic E-state index is 0.304. The van der Waals surface area contributed by atoms with E-state index in [4.69, 9.17) is 5.73 Å². The van der Waals surface area contributed by atoms with E-state index in [2.05, 4.69) is 15.0 Å². The third-order valence-electron chi connectivity index (χ3n) is 4.32. The van der Waals surface area contributed by atoms with Crippen LogP contribution in [0.2, 0.25) is 0 Å². The topological polar surface area (TPSA) is 84.9 Å². The van der Waals surface area contributed by atoms with Crippen molar-refractivity contribution in [3.05, 3.63) is 35.7 Å². The Balaban J connectivity index is 1.70. The van der Waals surface area contributed by atoms with Gasteiger partial charge in [0.15, 0.2) is 0 Å². The Labute approximate surface area is 140 Å². The lowest BCUT2D eigenvalue weighted by Gasteiger charge is -2.37. The van der Waals surface area contributed by atoms with E-state index in [9.17, 15) is 13.9 Å². The third-order valence-corrected chi connectivity index (χ3v) is 5.50. The Morgan fingerprint density at radius 3 is 2.62 bits per heavy atom. The summed E-state index contributed by atoms with van der Waals surface area (Å²) in [4.78, 5) is 13.6. The first-order valence-corrected chi connectivity index (χ1v) is 8.26. The van der Waals surface area contributed by atoms with Crippen molar-refractivity contribution < 1.29 is 13.9 Å². The number of rotatable bonds is 3. The molecule has 3 heterocycles. The first kappa shape index (κ1) is 15.3. The fraction of sp³-hybridized carbons (Fsp3) is 0.312. The molecule has 5 nitrogen and oxygen atoms in total. The molecule has 0 radical (unpaired) electrons. The van der Waals surface area contributed by atoms with E-state index in [0.29, 0.717) is 21.1 Å². The molecule has 3 N–H and O–H groups in total. The molecule has 8 heteroatoms. The quantitative estimate of drug-likeness (QED) is 0.758. The summed E-state index contributed by atoms with van der Waals surface area (Å²) in [6, 6.07) is 3.62. The number of alkyl halides is 2. The molecule has 0 aliphatic heterocycles. The van der Waals surface area contributed by atoms with E-state index >= 15 is 0 Å². The molecule has 1 saturated carbocycles. The first-order chi connectivity index (χ1) is 11.4. The van der Waals surface area contributed by atoms with Crippen LogP contribution >= 0.6 is 11.3 Å². The van der Waals surface area contributed by atoms with E-state index in [1.807, 2.05) is 6.07 Å². The second-order valence-electron chi connectivity index (χ2n) is 6.03. The fourth-order valence-corrected chi connectivity index (χ4v) is 4.15. The lowest BCUT2D eigenvalue weighted by Crippen LogP contribution is -2.38. The number of nitrogens with two attached hydrogens (primary N) is 1. The fourth-order valence-electron chi connectivity index (χ4n) is 2.97. The molecule has 4 rings (SSSR count). The molecule has 1 unspecified atom stereocenters. The Kier molecular flexibility index (Phi) is 3.47. The molecule has 0 bridgehead atoms. The number of fused-ring (bicyclic) bond motifs is 1. The van der Waals surface area contributed by atoms with Crippen molar-refractivity contribution in [3.63, 3.8) is 0 Å². The molecule has 1 fully saturated rings. The van der Waals surface area contributed by atoms with Gasteiger partial charge in [-0.15, -0.1) is 11.3 Å². The van der Waals surface area contributed by atoms with Gasteiger partial charge in [-0.1, -0.05) is 0 Å². The predicted molar refractivity (Wildman–Crippen MR) is 87.7 cm³/mol. The van der Waals surface area contributed by atoms with Gasteiger partial charge in [-0.05, 0) is 12.1 Å². The molecule has 3 aromatic rings. The smallest absolute Gasteiger partial charge is 0.248 e. The maximum Gasteiger partial charge on any atom is 0.248 e. The zero-order valence-corrected chi connectivity index (χ0v) is 13.3. The summed E-state index contributed by atoms with van der Waals surface area (Å²) in [5.41, 5.74) is 7.99. The largest absolute Gasteiger partial charge is 0.397 e. The number of thiophene rings is 1. The lowest BCUT2D eigenvalue weighted by atomic mass is 9.77. The summed E-state index contributed by atoms with van der Waals surface area (Å²) in [7, 11) is 0. The van der Waals surface area contributed by atoms with Crippen LogP contribution in [0, 0.1) is 5.92 Å². The van der Waals surface area contributed by atoms with E-state index in [0.717, 1.165) is 10.9 Å². The van der Waals surface area contributed by atoms with Gasteiger partial charge in [0.1, 0.15) is 11.2 Å². The number of nitrogens with zero attached hydrogens (tertiary/aromatic N) is 3. The second kappa shape index (κ2) is 5.42. The number of anilines is 1. The van der Waals surface area contributed by atoms with Crippen molar-refractivity contribution in [3.8, 4) is 11.3 Å². The van der Waals surface area contributed by atoms with E-state index < -0.39 is 17.9 Å². The van der Waals surface area contributed by atoms with E-state index in [1.54, 1.807) is 18.5 Å². The van der Waals surface area contributed by atoms with Gasteiger partial charge in [-0.2, -0.15) is 0 Å². The number of nitrogen functional groups attached to an aromatic ring is 1. The van der Waals surface area contributed by atoms with Gasteiger partial charge in [-0.25, -0.2) is 23.7 Å². The van der Waals surface area contributed by atoms with Gasteiger partial charge in [-0.3, -0.25) is 0 Å². The highest BCUT2D eigenvalue weighted by Gasteiger charge is 2.49. The molecule has 1 atom stereocenters. The first-order valence-electron chi connectivity index (χ1n) is 7.45. The number of halogens is 2. The highest BCUT2D eigenvalue weighted by Crippen LogP contribution is 2.51.